The third-order valence-corrected chi connectivity index (χ3v) is 0.683. The number of phosphoric acid groups is 1. The van der Waals surface area contributed by atoms with Crippen LogP contribution in [0.5, 0.6) is 0 Å². The zero-order valence-electron chi connectivity index (χ0n) is 13.4. The standard InChI is InChI=1S/4C2H5NO2.Ca.H3O4P/c4*3-1-2(4)5;;1-5(2,3)4/h4*1,3H2,(H,4,5);;(H3,1,2,3,4)/q;;;;+2;/p-2. The van der Waals surface area contributed by atoms with Crippen LogP contribution in [0.1, 0.15) is 0 Å². The van der Waals surface area contributed by atoms with E-state index in [0.29, 0.717) is 0 Å². The maximum Gasteiger partial charge on any atom is 2.00 e. The molecule has 0 aliphatic heterocycles. The van der Waals surface area contributed by atoms with Gasteiger partial charge in [0.1, 0.15) is 0 Å². The van der Waals surface area contributed by atoms with Crippen molar-refractivity contribution in [2.75, 3.05) is 26.2 Å². The number of carbonyl (C=O) groups excluding carboxylic acids is 2. The van der Waals surface area contributed by atoms with Gasteiger partial charge in [0, 0.05) is 13.1 Å². The van der Waals surface area contributed by atoms with Crippen LogP contribution in [0.4, 0.5) is 0 Å². The van der Waals surface area contributed by atoms with E-state index in [4.69, 9.17) is 49.3 Å². The molecule has 0 saturated carbocycles. The summed E-state index contributed by atoms with van der Waals surface area (Å²) in [6.07, 6.45) is 0. The van der Waals surface area contributed by atoms with Crippen molar-refractivity contribution in [2.24, 2.45) is 22.9 Å². The SMILES string of the molecule is NCC(=O)O.NCC(=O)O.NCC(=O)[O-].NCC(=O)[O-].O=P(O)(O)O.[Ca+2]. The quantitative estimate of drug-likeness (QED) is 0.146. The van der Waals surface area contributed by atoms with Crippen LogP contribution in [0, 0.1) is 0 Å². The summed E-state index contributed by atoms with van der Waals surface area (Å²) < 4.78 is 8.88. The maximum atomic E-state index is 9.24. The van der Waals surface area contributed by atoms with Crippen LogP contribution >= 0.6 is 7.82 Å². The van der Waals surface area contributed by atoms with E-state index in [-0.39, 0.29) is 63.9 Å². The van der Waals surface area contributed by atoms with Crippen LogP contribution in [-0.4, -0.2) is 113 Å². The number of rotatable bonds is 4. The van der Waals surface area contributed by atoms with Crippen molar-refractivity contribution in [2.45, 2.75) is 0 Å². The Kier molecular flexibility index (Phi) is 44.4. The van der Waals surface area contributed by atoms with Crippen LogP contribution in [0.25, 0.3) is 0 Å². The molecule has 0 aliphatic rings. The van der Waals surface area contributed by atoms with E-state index >= 15 is 0 Å². The van der Waals surface area contributed by atoms with Gasteiger partial charge in [-0.2, -0.15) is 0 Å². The summed E-state index contributed by atoms with van der Waals surface area (Å²) in [5.74, 6) is -4.37. The minimum Gasteiger partial charge on any atom is -0.549 e. The van der Waals surface area contributed by atoms with Crippen molar-refractivity contribution in [1.29, 1.82) is 0 Å². The molecule has 0 radical (unpaired) electrons. The second kappa shape index (κ2) is 28.9. The van der Waals surface area contributed by atoms with Crippen molar-refractivity contribution in [3.8, 4) is 0 Å². The van der Waals surface area contributed by atoms with Crippen LogP contribution in [0.15, 0.2) is 0 Å². The van der Waals surface area contributed by atoms with Gasteiger partial charge in [0.05, 0.1) is 25.0 Å². The molecule has 13 N–H and O–H groups in total. The molecule has 0 heterocycles. The zero-order valence-corrected chi connectivity index (χ0v) is 16.5. The van der Waals surface area contributed by atoms with Gasteiger partial charge in [-0.15, -0.1) is 0 Å². The summed E-state index contributed by atoms with van der Waals surface area (Å²) in [6, 6.07) is 0. The topological polar surface area (TPSA) is 337 Å². The Morgan fingerprint density at radius 2 is 0.769 bits per heavy atom. The Hall–Kier alpha value is -0.910. The van der Waals surface area contributed by atoms with Gasteiger partial charge in [0.15, 0.2) is 0 Å². The molecule has 0 rings (SSSR count). The smallest absolute Gasteiger partial charge is 0.549 e. The number of hydrogen-bond acceptors (Lipinski definition) is 11. The number of carboxylic acids is 4. The number of hydrogen-bond donors (Lipinski definition) is 9. The first-order valence-electron chi connectivity index (χ1n) is 5.50. The predicted octanol–water partition coefficient (Wildman–Crippen LogP) is -7.86. The Balaban J connectivity index is -0.0000000476. The second-order valence-corrected chi connectivity index (χ2v) is 3.89. The van der Waals surface area contributed by atoms with E-state index in [1.807, 2.05) is 0 Å². The molecule has 0 saturated heterocycles. The third kappa shape index (κ3) is 224. The largest absolute Gasteiger partial charge is 2.00 e. The van der Waals surface area contributed by atoms with Gasteiger partial charge in [-0.25, -0.2) is 4.57 Å². The molecule has 26 heavy (non-hydrogen) atoms. The van der Waals surface area contributed by atoms with Gasteiger partial charge < -0.3 is 67.6 Å². The molecule has 0 aromatic carbocycles. The van der Waals surface area contributed by atoms with Gasteiger partial charge >= 0.3 is 57.5 Å². The van der Waals surface area contributed by atoms with Crippen molar-refractivity contribution < 1.29 is 58.8 Å². The summed E-state index contributed by atoms with van der Waals surface area (Å²) in [5.41, 5.74) is 18.2. The van der Waals surface area contributed by atoms with Crippen molar-refractivity contribution in [1.82, 2.24) is 0 Å². The summed E-state index contributed by atoms with van der Waals surface area (Å²) in [5, 5.41) is 33.5. The normalized spacial score (nSPS) is 7.96. The average Bonchev–Trinajstić information content (AvgIpc) is 2.47. The number of nitrogens with two attached hydrogens (primary N) is 4. The average molecular weight is 436 g/mol. The van der Waals surface area contributed by atoms with Gasteiger partial charge in [-0.05, 0) is 0 Å². The van der Waals surface area contributed by atoms with Crippen LogP contribution in [-0.2, 0) is 23.7 Å². The molecule has 0 bridgehead atoms. The molecular formula is C8H21CaN4O12P. The summed E-state index contributed by atoms with van der Waals surface area (Å²) in [6.45, 7) is -1.33. The molecule has 0 unspecified atom stereocenters. The van der Waals surface area contributed by atoms with E-state index in [0.717, 1.165) is 0 Å². The molecule has 0 aromatic heterocycles. The molecule has 16 nitrogen and oxygen atoms in total. The predicted molar refractivity (Wildman–Crippen MR) is 81.5 cm³/mol. The fourth-order valence-electron chi connectivity index (χ4n) is 0. The molecule has 0 atom stereocenters. The molecule has 0 fully saturated rings. The third-order valence-electron chi connectivity index (χ3n) is 0.683. The zero-order chi connectivity index (χ0) is 21.6. The van der Waals surface area contributed by atoms with Gasteiger partial charge in [-0.3, -0.25) is 9.59 Å². The van der Waals surface area contributed by atoms with E-state index in [2.05, 4.69) is 22.9 Å². The van der Waals surface area contributed by atoms with Gasteiger partial charge in [0.2, 0.25) is 0 Å². The van der Waals surface area contributed by atoms with Crippen molar-refractivity contribution >= 4 is 69.4 Å². The van der Waals surface area contributed by atoms with E-state index in [1.165, 1.54) is 0 Å². The molecule has 0 amide bonds. The Morgan fingerprint density at radius 1 is 0.692 bits per heavy atom. The molecule has 152 valence electrons. The summed E-state index contributed by atoms with van der Waals surface area (Å²) >= 11 is 0. The maximum absolute atomic E-state index is 9.24. The Labute approximate surface area is 177 Å². The van der Waals surface area contributed by atoms with Crippen LogP contribution < -0.4 is 33.1 Å². The molecule has 0 spiro atoms. The number of carbonyl (C=O) groups is 4. The summed E-state index contributed by atoms with van der Waals surface area (Å²) in [4.78, 5) is 58.3. The van der Waals surface area contributed by atoms with E-state index in [1.54, 1.807) is 0 Å². The first-order chi connectivity index (χ1) is 11.1. The molecule has 0 aliphatic carbocycles. The second-order valence-electron chi connectivity index (χ2n) is 2.86. The molecule has 18 heteroatoms. The first kappa shape index (κ1) is 40.0. The molecular weight excluding hydrogens is 415 g/mol. The fourth-order valence-corrected chi connectivity index (χ4v) is 0. The van der Waals surface area contributed by atoms with Crippen molar-refractivity contribution in [3.05, 3.63) is 0 Å². The number of aliphatic carboxylic acids is 4. The Morgan fingerprint density at radius 3 is 0.769 bits per heavy atom. The van der Waals surface area contributed by atoms with Crippen LogP contribution in [0.2, 0.25) is 0 Å². The molecule has 0 aromatic rings. The van der Waals surface area contributed by atoms with E-state index < -0.39 is 31.7 Å². The monoisotopic (exact) mass is 436 g/mol. The van der Waals surface area contributed by atoms with Gasteiger partial charge in [0.25, 0.3) is 0 Å². The minimum atomic E-state index is -4.64. The van der Waals surface area contributed by atoms with Crippen molar-refractivity contribution in [3.63, 3.8) is 0 Å². The van der Waals surface area contributed by atoms with Crippen LogP contribution in [0.3, 0.4) is 0 Å². The van der Waals surface area contributed by atoms with Gasteiger partial charge in [-0.1, -0.05) is 0 Å². The first-order valence-corrected chi connectivity index (χ1v) is 7.07. The fraction of sp³-hybridized carbons (Fsp3) is 0.500. The Bertz CT molecular complexity index is 354. The van der Waals surface area contributed by atoms with E-state index in [9.17, 15) is 9.59 Å². The minimum absolute atomic E-state index is 0. The number of carboxylic acid groups (broad SMARTS) is 4. The summed E-state index contributed by atoms with van der Waals surface area (Å²) in [7, 11) is -4.64.